The molecule has 1 unspecified atom stereocenters. The highest BCUT2D eigenvalue weighted by molar-refractivity contribution is 6.69. The highest BCUT2D eigenvalue weighted by Gasteiger charge is 2.20. The van der Waals surface area contributed by atoms with E-state index in [-0.39, 0.29) is 0 Å². The summed E-state index contributed by atoms with van der Waals surface area (Å²) in [6.07, 6.45) is 8.57. The Labute approximate surface area is 70.6 Å². The average Bonchev–Trinajstić information content (AvgIpc) is 1.85. The monoisotopic (exact) mass is 170 g/mol. The summed E-state index contributed by atoms with van der Waals surface area (Å²) >= 11 is 0. The molecule has 0 radical (unpaired) electrons. The van der Waals surface area contributed by atoms with Gasteiger partial charge in [-0.15, -0.1) is 0 Å². The third-order valence-electron chi connectivity index (χ3n) is 1.74. The van der Waals surface area contributed by atoms with E-state index in [1.165, 1.54) is 12.8 Å². The lowest BCUT2D eigenvalue weighted by Gasteiger charge is -2.26. The minimum Gasteiger partial charge on any atom is -0.414 e. The summed E-state index contributed by atoms with van der Waals surface area (Å²) in [6.45, 7) is 6.77. The number of rotatable bonds is 2. The molecule has 0 saturated heterocycles. The fourth-order valence-electron chi connectivity index (χ4n) is 1.37. The molecule has 0 saturated carbocycles. The Hall–Kier alpha value is -0.0831. The van der Waals surface area contributed by atoms with Crippen molar-refractivity contribution in [2.75, 3.05) is 0 Å². The molecule has 0 fully saturated rings. The molecule has 1 nitrogen and oxygen atoms in total. The summed E-state index contributed by atoms with van der Waals surface area (Å²) in [5, 5.41) is 0. The van der Waals surface area contributed by atoms with E-state index in [4.69, 9.17) is 4.43 Å². The zero-order valence-corrected chi connectivity index (χ0v) is 8.76. The second-order valence-electron chi connectivity index (χ2n) is 4.14. The fraction of sp³-hybridized carbons (Fsp3) is 0.778. The first-order chi connectivity index (χ1) is 5.08. The summed E-state index contributed by atoms with van der Waals surface area (Å²) in [5.41, 5.74) is 0. The quantitative estimate of drug-likeness (QED) is 0.457. The second-order valence-corrected chi connectivity index (χ2v) is 8.60. The number of allylic oxidation sites excluding steroid dienone is 1. The first-order valence-corrected chi connectivity index (χ1v) is 7.81. The van der Waals surface area contributed by atoms with Gasteiger partial charge in [-0.1, -0.05) is 12.2 Å². The van der Waals surface area contributed by atoms with Gasteiger partial charge in [-0.3, -0.25) is 0 Å². The van der Waals surface area contributed by atoms with Crippen molar-refractivity contribution in [3.05, 3.63) is 12.2 Å². The molecule has 0 spiro atoms. The van der Waals surface area contributed by atoms with Crippen LogP contribution in [0.2, 0.25) is 19.6 Å². The van der Waals surface area contributed by atoms with Crippen LogP contribution in [0.15, 0.2) is 12.2 Å². The Kier molecular flexibility index (Phi) is 2.90. The van der Waals surface area contributed by atoms with Crippen LogP contribution in [0.4, 0.5) is 0 Å². The van der Waals surface area contributed by atoms with Gasteiger partial charge in [-0.25, -0.2) is 0 Å². The predicted octanol–water partition coefficient (Wildman–Crippen LogP) is 2.95. The van der Waals surface area contributed by atoms with Crippen molar-refractivity contribution < 1.29 is 4.43 Å². The Balaban J connectivity index is 2.32. The summed E-state index contributed by atoms with van der Waals surface area (Å²) < 4.78 is 5.97. The van der Waals surface area contributed by atoms with Gasteiger partial charge >= 0.3 is 0 Å². The molecule has 0 amide bonds. The zero-order chi connectivity index (χ0) is 8.32. The molecule has 0 aromatic rings. The molecule has 64 valence electrons. The standard InChI is InChI=1S/C9H18OSi/c1-11(2,3)10-9-7-5-4-6-8-9/h4-5,9H,6-8H2,1-3H3. The van der Waals surface area contributed by atoms with Crippen LogP contribution in [-0.2, 0) is 4.43 Å². The van der Waals surface area contributed by atoms with Crippen LogP contribution in [0.1, 0.15) is 19.3 Å². The molecule has 1 aliphatic carbocycles. The van der Waals surface area contributed by atoms with Crippen molar-refractivity contribution in [1.82, 2.24) is 0 Å². The number of hydrogen-bond donors (Lipinski definition) is 0. The first kappa shape index (κ1) is 9.01. The Morgan fingerprint density at radius 1 is 1.27 bits per heavy atom. The maximum absolute atomic E-state index is 5.97. The molecule has 1 atom stereocenters. The molecule has 0 N–H and O–H groups in total. The molecule has 1 rings (SSSR count). The van der Waals surface area contributed by atoms with Crippen molar-refractivity contribution >= 4 is 8.32 Å². The van der Waals surface area contributed by atoms with Crippen molar-refractivity contribution in [2.24, 2.45) is 0 Å². The third kappa shape index (κ3) is 3.73. The van der Waals surface area contributed by atoms with E-state index < -0.39 is 8.32 Å². The summed E-state index contributed by atoms with van der Waals surface area (Å²) in [5.74, 6) is 0. The van der Waals surface area contributed by atoms with Crippen molar-refractivity contribution in [3.8, 4) is 0 Å². The van der Waals surface area contributed by atoms with E-state index in [1.54, 1.807) is 0 Å². The van der Waals surface area contributed by atoms with Crippen molar-refractivity contribution in [2.45, 2.75) is 45.0 Å². The lowest BCUT2D eigenvalue weighted by molar-refractivity contribution is 0.183. The van der Waals surface area contributed by atoms with E-state index >= 15 is 0 Å². The van der Waals surface area contributed by atoms with E-state index in [9.17, 15) is 0 Å². The molecule has 11 heavy (non-hydrogen) atoms. The van der Waals surface area contributed by atoms with Gasteiger partial charge in [0.1, 0.15) is 0 Å². The lowest BCUT2D eigenvalue weighted by Crippen LogP contribution is -2.32. The van der Waals surface area contributed by atoms with Gasteiger partial charge < -0.3 is 4.43 Å². The Morgan fingerprint density at radius 2 is 2.00 bits per heavy atom. The SMILES string of the molecule is C[Si](C)(C)OC1CC=CCC1. The average molecular weight is 170 g/mol. The largest absolute Gasteiger partial charge is 0.414 e. The minimum atomic E-state index is -1.28. The van der Waals surface area contributed by atoms with E-state index in [2.05, 4.69) is 31.8 Å². The van der Waals surface area contributed by atoms with Gasteiger partial charge in [0.15, 0.2) is 8.32 Å². The van der Waals surface area contributed by atoms with Crippen LogP contribution >= 0.6 is 0 Å². The molecule has 0 heterocycles. The van der Waals surface area contributed by atoms with Crippen LogP contribution in [-0.4, -0.2) is 14.4 Å². The van der Waals surface area contributed by atoms with Gasteiger partial charge in [0.2, 0.25) is 0 Å². The van der Waals surface area contributed by atoms with Gasteiger partial charge in [-0.05, 0) is 38.9 Å². The van der Waals surface area contributed by atoms with Gasteiger partial charge in [0, 0.05) is 6.10 Å². The van der Waals surface area contributed by atoms with E-state index in [1.807, 2.05) is 0 Å². The number of hydrogen-bond acceptors (Lipinski definition) is 1. The van der Waals surface area contributed by atoms with E-state index in [0.717, 1.165) is 6.42 Å². The Bertz CT molecular complexity index is 146. The molecule has 1 aliphatic rings. The van der Waals surface area contributed by atoms with E-state index in [0.29, 0.717) is 6.10 Å². The van der Waals surface area contributed by atoms with Crippen LogP contribution in [0.3, 0.4) is 0 Å². The van der Waals surface area contributed by atoms with Crippen LogP contribution in [0.5, 0.6) is 0 Å². The predicted molar refractivity (Wildman–Crippen MR) is 51.2 cm³/mol. The normalized spacial score (nSPS) is 25.5. The zero-order valence-electron chi connectivity index (χ0n) is 7.76. The van der Waals surface area contributed by atoms with Crippen LogP contribution in [0.25, 0.3) is 0 Å². The van der Waals surface area contributed by atoms with Gasteiger partial charge in [-0.2, -0.15) is 0 Å². The second kappa shape index (κ2) is 3.54. The highest BCUT2D eigenvalue weighted by atomic mass is 28.4. The molecular weight excluding hydrogens is 152 g/mol. The highest BCUT2D eigenvalue weighted by Crippen LogP contribution is 2.18. The molecule has 0 aromatic carbocycles. The maximum Gasteiger partial charge on any atom is 0.184 e. The smallest absolute Gasteiger partial charge is 0.184 e. The molecule has 0 bridgehead atoms. The van der Waals surface area contributed by atoms with Crippen LogP contribution in [0, 0.1) is 0 Å². The maximum atomic E-state index is 5.97. The van der Waals surface area contributed by atoms with Gasteiger partial charge in [0.25, 0.3) is 0 Å². The summed E-state index contributed by atoms with van der Waals surface area (Å²) in [7, 11) is -1.28. The fourth-order valence-corrected chi connectivity index (χ4v) is 2.59. The molecule has 2 heteroatoms. The lowest BCUT2D eigenvalue weighted by atomic mass is 10.1. The van der Waals surface area contributed by atoms with Gasteiger partial charge in [0.05, 0.1) is 0 Å². The molecule has 0 aromatic heterocycles. The third-order valence-corrected chi connectivity index (χ3v) is 2.78. The molecular formula is C9H18OSi. The first-order valence-electron chi connectivity index (χ1n) is 4.41. The molecule has 0 aliphatic heterocycles. The minimum absolute atomic E-state index is 0.520. The Morgan fingerprint density at radius 3 is 2.45 bits per heavy atom. The van der Waals surface area contributed by atoms with Crippen LogP contribution < -0.4 is 0 Å². The summed E-state index contributed by atoms with van der Waals surface area (Å²) in [6, 6.07) is 0. The van der Waals surface area contributed by atoms with Crippen molar-refractivity contribution in [1.29, 1.82) is 0 Å². The van der Waals surface area contributed by atoms with Crippen molar-refractivity contribution in [3.63, 3.8) is 0 Å². The summed E-state index contributed by atoms with van der Waals surface area (Å²) in [4.78, 5) is 0. The topological polar surface area (TPSA) is 9.23 Å².